The van der Waals surface area contributed by atoms with Gasteiger partial charge in [0.25, 0.3) is 5.91 Å². The first kappa shape index (κ1) is 18.4. The van der Waals surface area contributed by atoms with Crippen LogP contribution >= 0.6 is 0 Å². The molecule has 0 fully saturated rings. The van der Waals surface area contributed by atoms with Gasteiger partial charge in [-0.2, -0.15) is 4.98 Å². The Hall–Kier alpha value is -3.93. The van der Waals surface area contributed by atoms with Gasteiger partial charge in [-0.1, -0.05) is 30.3 Å². The van der Waals surface area contributed by atoms with Crippen molar-refractivity contribution in [2.75, 3.05) is 0 Å². The molecule has 1 N–H and O–H groups in total. The third kappa shape index (κ3) is 4.68. The fourth-order valence-electron chi connectivity index (χ4n) is 2.77. The van der Waals surface area contributed by atoms with E-state index in [4.69, 9.17) is 9.15 Å². The maximum Gasteiger partial charge on any atom is 0.251 e. The highest BCUT2D eigenvalue weighted by Gasteiger charge is 2.09. The summed E-state index contributed by atoms with van der Waals surface area (Å²) in [4.78, 5) is 21.1. The van der Waals surface area contributed by atoms with Gasteiger partial charge in [0.1, 0.15) is 17.3 Å². The molecular weight excluding hydrogens is 366 g/mol. The number of rotatable bonds is 6. The number of nitrogens with one attached hydrogen (secondary N) is 1. The predicted octanol–water partition coefficient (Wildman–Crippen LogP) is 4.77. The Morgan fingerprint density at radius 1 is 1.00 bits per heavy atom. The topological polar surface area (TPSA) is 77.2 Å². The number of hydrogen-bond acceptors (Lipinski definition) is 5. The Morgan fingerprint density at radius 2 is 1.79 bits per heavy atom. The van der Waals surface area contributed by atoms with E-state index in [0.29, 0.717) is 29.6 Å². The van der Waals surface area contributed by atoms with Crippen LogP contribution in [0.2, 0.25) is 0 Å². The van der Waals surface area contributed by atoms with Crippen molar-refractivity contribution in [3.8, 4) is 23.0 Å². The zero-order valence-electron chi connectivity index (χ0n) is 15.8. The molecule has 0 bridgehead atoms. The highest BCUT2D eigenvalue weighted by Crippen LogP contribution is 2.22. The number of carbonyl (C=O) groups excluding carboxylic acids is 1. The number of hydrogen-bond donors (Lipinski definition) is 1. The van der Waals surface area contributed by atoms with Gasteiger partial charge in [0.15, 0.2) is 5.82 Å². The molecule has 0 aliphatic rings. The molecule has 6 heteroatoms. The van der Waals surface area contributed by atoms with E-state index < -0.39 is 0 Å². The Balaban J connectivity index is 1.43. The van der Waals surface area contributed by atoms with Crippen molar-refractivity contribution >= 4 is 5.91 Å². The summed E-state index contributed by atoms with van der Waals surface area (Å²) >= 11 is 0. The Bertz CT molecular complexity index is 1110. The highest BCUT2D eigenvalue weighted by atomic mass is 16.5. The van der Waals surface area contributed by atoms with Gasteiger partial charge in [0.05, 0.1) is 6.54 Å². The predicted molar refractivity (Wildman–Crippen MR) is 109 cm³/mol. The molecular formula is C23H19N3O3. The van der Waals surface area contributed by atoms with Gasteiger partial charge >= 0.3 is 0 Å². The molecule has 4 aromatic rings. The summed E-state index contributed by atoms with van der Waals surface area (Å²) < 4.78 is 11.2. The lowest BCUT2D eigenvalue weighted by Gasteiger charge is -2.07. The van der Waals surface area contributed by atoms with Gasteiger partial charge < -0.3 is 14.5 Å². The van der Waals surface area contributed by atoms with Crippen LogP contribution in [0, 0.1) is 6.92 Å². The zero-order valence-corrected chi connectivity index (χ0v) is 15.8. The molecule has 0 atom stereocenters. The molecule has 0 saturated carbocycles. The number of para-hydroxylation sites is 1. The van der Waals surface area contributed by atoms with Crippen LogP contribution in [0.1, 0.15) is 21.9 Å². The number of furan rings is 1. The molecule has 144 valence electrons. The number of carbonyl (C=O) groups is 1. The number of ether oxygens (including phenoxy) is 1. The van der Waals surface area contributed by atoms with Gasteiger partial charge in [-0.05, 0) is 43.3 Å². The number of aryl methyl sites for hydroxylation is 1. The maximum absolute atomic E-state index is 12.3. The minimum atomic E-state index is -0.173. The van der Waals surface area contributed by atoms with Gasteiger partial charge in [-0.15, -0.1) is 0 Å². The summed E-state index contributed by atoms with van der Waals surface area (Å²) in [5.74, 6) is 3.05. The summed E-state index contributed by atoms with van der Waals surface area (Å²) in [6.45, 7) is 2.21. The molecule has 6 nitrogen and oxygen atoms in total. The molecule has 0 spiro atoms. The van der Waals surface area contributed by atoms with Crippen LogP contribution in [0.3, 0.4) is 0 Å². The maximum atomic E-state index is 12.3. The molecule has 0 radical (unpaired) electrons. The second kappa shape index (κ2) is 8.39. The molecule has 1 amide bonds. The van der Waals surface area contributed by atoms with E-state index in [1.165, 1.54) is 0 Å². The summed E-state index contributed by atoms with van der Waals surface area (Å²) in [5.41, 5.74) is 1.34. The third-order valence-corrected chi connectivity index (χ3v) is 4.22. The number of benzene rings is 2. The lowest BCUT2D eigenvalue weighted by Crippen LogP contribution is -2.22. The van der Waals surface area contributed by atoms with Crippen LogP contribution in [0.5, 0.6) is 11.6 Å². The standard InChI is InChI=1S/C23H19N3O3/c1-16-7-12-20(28-16)15-25-23(27)18-10-8-17(9-11-18)22-24-14-13-21(26-22)29-19-5-3-2-4-6-19/h2-14H,15H2,1H3,(H,25,27). The number of aromatic nitrogens is 2. The Labute approximate surface area is 168 Å². The van der Waals surface area contributed by atoms with E-state index in [1.54, 1.807) is 24.4 Å². The van der Waals surface area contributed by atoms with Crippen LogP contribution in [-0.4, -0.2) is 15.9 Å². The molecule has 0 aliphatic carbocycles. The van der Waals surface area contributed by atoms with Gasteiger partial charge in [-0.25, -0.2) is 4.98 Å². The van der Waals surface area contributed by atoms with E-state index in [0.717, 1.165) is 17.1 Å². The monoisotopic (exact) mass is 385 g/mol. The highest BCUT2D eigenvalue weighted by molar-refractivity contribution is 5.94. The lowest BCUT2D eigenvalue weighted by molar-refractivity contribution is 0.0948. The number of nitrogens with zero attached hydrogens (tertiary/aromatic N) is 2. The van der Waals surface area contributed by atoms with Crippen molar-refractivity contribution in [1.29, 1.82) is 0 Å². The van der Waals surface area contributed by atoms with Crippen molar-refractivity contribution in [2.24, 2.45) is 0 Å². The molecule has 0 saturated heterocycles. The summed E-state index contributed by atoms with van der Waals surface area (Å²) in [6.07, 6.45) is 1.65. The van der Waals surface area contributed by atoms with Crippen LogP contribution in [-0.2, 0) is 6.54 Å². The Morgan fingerprint density at radius 3 is 2.52 bits per heavy atom. The first-order chi connectivity index (χ1) is 14.2. The molecule has 2 aromatic heterocycles. The van der Waals surface area contributed by atoms with Crippen LogP contribution < -0.4 is 10.1 Å². The third-order valence-electron chi connectivity index (χ3n) is 4.22. The van der Waals surface area contributed by atoms with Crippen molar-refractivity contribution in [2.45, 2.75) is 13.5 Å². The molecule has 29 heavy (non-hydrogen) atoms. The van der Waals surface area contributed by atoms with Crippen LogP contribution in [0.25, 0.3) is 11.4 Å². The molecule has 0 unspecified atom stereocenters. The van der Waals surface area contributed by atoms with Crippen molar-refractivity contribution in [1.82, 2.24) is 15.3 Å². The first-order valence-corrected chi connectivity index (χ1v) is 9.17. The summed E-state index contributed by atoms with van der Waals surface area (Å²) in [6, 6.07) is 22.0. The second-order valence-electron chi connectivity index (χ2n) is 6.41. The van der Waals surface area contributed by atoms with E-state index in [-0.39, 0.29) is 5.91 Å². The second-order valence-corrected chi connectivity index (χ2v) is 6.41. The first-order valence-electron chi connectivity index (χ1n) is 9.17. The summed E-state index contributed by atoms with van der Waals surface area (Å²) in [5, 5.41) is 2.84. The fraction of sp³-hybridized carbons (Fsp3) is 0.0870. The zero-order chi connectivity index (χ0) is 20.1. The van der Waals surface area contributed by atoms with E-state index in [1.807, 2.05) is 61.5 Å². The number of amides is 1. The van der Waals surface area contributed by atoms with E-state index in [2.05, 4.69) is 15.3 Å². The Kier molecular flexibility index (Phi) is 5.33. The van der Waals surface area contributed by atoms with Gasteiger partial charge in [0, 0.05) is 23.4 Å². The van der Waals surface area contributed by atoms with E-state index in [9.17, 15) is 4.79 Å². The smallest absolute Gasteiger partial charge is 0.251 e. The molecule has 2 heterocycles. The lowest BCUT2D eigenvalue weighted by atomic mass is 10.1. The minimum absolute atomic E-state index is 0.173. The van der Waals surface area contributed by atoms with Gasteiger partial charge in [0.2, 0.25) is 5.88 Å². The largest absolute Gasteiger partial charge is 0.465 e. The molecule has 2 aromatic carbocycles. The minimum Gasteiger partial charge on any atom is -0.465 e. The van der Waals surface area contributed by atoms with Crippen molar-refractivity contribution in [3.63, 3.8) is 0 Å². The van der Waals surface area contributed by atoms with Crippen molar-refractivity contribution in [3.05, 3.63) is 96.1 Å². The molecule has 4 rings (SSSR count). The molecule has 0 aliphatic heterocycles. The van der Waals surface area contributed by atoms with Crippen LogP contribution in [0.4, 0.5) is 0 Å². The summed E-state index contributed by atoms with van der Waals surface area (Å²) in [7, 11) is 0. The van der Waals surface area contributed by atoms with Crippen molar-refractivity contribution < 1.29 is 13.9 Å². The van der Waals surface area contributed by atoms with Gasteiger partial charge in [-0.3, -0.25) is 4.79 Å². The normalized spacial score (nSPS) is 10.5. The SMILES string of the molecule is Cc1ccc(CNC(=O)c2ccc(-c3nccc(Oc4ccccc4)n3)cc2)o1. The van der Waals surface area contributed by atoms with Crippen LogP contribution in [0.15, 0.2) is 83.4 Å². The average Bonchev–Trinajstić information content (AvgIpc) is 3.18. The average molecular weight is 385 g/mol. The van der Waals surface area contributed by atoms with E-state index >= 15 is 0 Å². The fourth-order valence-corrected chi connectivity index (χ4v) is 2.77. The quantitative estimate of drug-likeness (QED) is 0.517.